The maximum Gasteiger partial charge on any atom is 0.252 e. The summed E-state index contributed by atoms with van der Waals surface area (Å²) in [6, 6.07) is 9.23. The van der Waals surface area contributed by atoms with Gasteiger partial charge in [-0.05, 0) is 24.1 Å². The summed E-state index contributed by atoms with van der Waals surface area (Å²) in [5, 5.41) is 10.8. The van der Waals surface area contributed by atoms with E-state index in [4.69, 9.17) is 5.26 Å². The fourth-order valence-electron chi connectivity index (χ4n) is 1.11. The molecule has 3 heteroatoms. The van der Waals surface area contributed by atoms with Crippen molar-refractivity contribution >= 4 is 5.91 Å². The van der Waals surface area contributed by atoms with Crippen molar-refractivity contribution in [1.29, 1.82) is 5.26 Å². The predicted molar refractivity (Wildman–Crippen MR) is 53.8 cm³/mol. The Morgan fingerprint density at radius 2 is 2.07 bits per heavy atom. The topological polar surface area (TPSA) is 52.9 Å². The van der Waals surface area contributed by atoms with Gasteiger partial charge in [-0.15, -0.1) is 0 Å². The van der Waals surface area contributed by atoms with E-state index in [2.05, 4.69) is 12.2 Å². The zero-order valence-electron chi connectivity index (χ0n) is 8.08. The number of carbonyl (C=O) groups is 1. The van der Waals surface area contributed by atoms with E-state index in [1.54, 1.807) is 12.1 Å². The predicted octanol–water partition coefficient (Wildman–Crippen LogP) is 1.50. The highest BCUT2D eigenvalue weighted by atomic mass is 16.1. The Bertz CT molecular complexity index is 349. The van der Waals surface area contributed by atoms with Gasteiger partial charge in [-0.3, -0.25) is 4.79 Å². The number of hydrogen-bond acceptors (Lipinski definition) is 2. The van der Waals surface area contributed by atoms with Crippen LogP contribution < -0.4 is 5.32 Å². The molecule has 0 spiro atoms. The number of amides is 1. The Morgan fingerprint density at radius 3 is 2.57 bits per heavy atom. The molecule has 1 rings (SSSR count). The van der Waals surface area contributed by atoms with Crippen molar-refractivity contribution < 1.29 is 4.79 Å². The second-order valence-electron chi connectivity index (χ2n) is 2.89. The molecule has 3 nitrogen and oxygen atoms in total. The fraction of sp³-hybridized carbons (Fsp3) is 0.273. The fourth-order valence-corrected chi connectivity index (χ4v) is 1.11. The minimum absolute atomic E-state index is 0.0500. The number of benzene rings is 1. The normalized spacial score (nSPS) is 9.14. The van der Waals surface area contributed by atoms with Crippen LogP contribution in [0.2, 0.25) is 0 Å². The third kappa shape index (κ3) is 2.60. The first-order chi connectivity index (χ1) is 6.77. The van der Waals surface area contributed by atoms with E-state index in [1.807, 2.05) is 18.2 Å². The number of aryl methyl sites for hydroxylation is 1. The van der Waals surface area contributed by atoms with Crippen LogP contribution in [0.4, 0.5) is 0 Å². The quantitative estimate of drug-likeness (QED) is 0.731. The van der Waals surface area contributed by atoms with Gasteiger partial charge >= 0.3 is 0 Å². The lowest BCUT2D eigenvalue weighted by molar-refractivity contribution is 0.0958. The summed E-state index contributed by atoms with van der Waals surface area (Å²) in [5.41, 5.74) is 1.79. The number of hydrogen-bond donors (Lipinski definition) is 1. The molecule has 1 aromatic rings. The minimum Gasteiger partial charge on any atom is -0.339 e. The van der Waals surface area contributed by atoms with E-state index in [-0.39, 0.29) is 12.5 Å². The van der Waals surface area contributed by atoms with Crippen LogP contribution in [0.5, 0.6) is 0 Å². The summed E-state index contributed by atoms with van der Waals surface area (Å²) in [4.78, 5) is 11.3. The first-order valence-corrected chi connectivity index (χ1v) is 4.52. The molecule has 0 atom stereocenters. The third-order valence-electron chi connectivity index (χ3n) is 1.95. The summed E-state index contributed by atoms with van der Waals surface area (Å²) in [6.07, 6.45) is 0.958. The summed E-state index contributed by atoms with van der Waals surface area (Å²) in [6.45, 7) is 2.11. The van der Waals surface area contributed by atoms with Gasteiger partial charge in [0.15, 0.2) is 0 Å². The molecule has 0 bridgehead atoms. The second-order valence-corrected chi connectivity index (χ2v) is 2.89. The molecule has 1 N–H and O–H groups in total. The lowest BCUT2D eigenvalue weighted by Crippen LogP contribution is -2.23. The Kier molecular flexibility index (Phi) is 3.69. The van der Waals surface area contributed by atoms with Crippen molar-refractivity contribution in [1.82, 2.24) is 5.32 Å². The van der Waals surface area contributed by atoms with E-state index in [1.165, 1.54) is 5.56 Å². The van der Waals surface area contributed by atoms with Gasteiger partial charge < -0.3 is 5.32 Å². The smallest absolute Gasteiger partial charge is 0.252 e. The van der Waals surface area contributed by atoms with E-state index >= 15 is 0 Å². The van der Waals surface area contributed by atoms with Crippen molar-refractivity contribution in [2.75, 3.05) is 6.54 Å². The molecule has 1 amide bonds. The van der Waals surface area contributed by atoms with Crippen molar-refractivity contribution in [2.45, 2.75) is 13.3 Å². The second kappa shape index (κ2) is 5.03. The Labute approximate surface area is 83.4 Å². The largest absolute Gasteiger partial charge is 0.339 e. The van der Waals surface area contributed by atoms with Crippen LogP contribution in [0.25, 0.3) is 0 Å². The minimum atomic E-state index is -0.200. The van der Waals surface area contributed by atoms with Crippen molar-refractivity contribution in [3.05, 3.63) is 35.4 Å². The van der Waals surface area contributed by atoms with Crippen molar-refractivity contribution in [3.63, 3.8) is 0 Å². The molecule has 0 heterocycles. The molecule has 0 aromatic heterocycles. The molecule has 14 heavy (non-hydrogen) atoms. The molecule has 0 aliphatic rings. The maximum atomic E-state index is 11.3. The molecular weight excluding hydrogens is 176 g/mol. The molecule has 0 aliphatic heterocycles. The van der Waals surface area contributed by atoms with E-state index in [0.29, 0.717) is 5.56 Å². The summed E-state index contributed by atoms with van der Waals surface area (Å²) >= 11 is 0. The van der Waals surface area contributed by atoms with Crippen molar-refractivity contribution in [2.24, 2.45) is 0 Å². The highest BCUT2D eigenvalue weighted by Crippen LogP contribution is 2.04. The third-order valence-corrected chi connectivity index (χ3v) is 1.95. The average molecular weight is 188 g/mol. The van der Waals surface area contributed by atoms with Crippen LogP contribution in [-0.4, -0.2) is 12.5 Å². The van der Waals surface area contributed by atoms with Gasteiger partial charge in [-0.2, -0.15) is 5.26 Å². The average Bonchev–Trinajstić information content (AvgIpc) is 2.26. The lowest BCUT2D eigenvalue weighted by atomic mass is 10.1. The molecule has 72 valence electrons. The van der Waals surface area contributed by atoms with Crippen LogP contribution in [0.15, 0.2) is 24.3 Å². The summed E-state index contributed by atoms with van der Waals surface area (Å²) in [5.74, 6) is -0.200. The highest BCUT2D eigenvalue weighted by molar-refractivity contribution is 5.94. The van der Waals surface area contributed by atoms with Crippen LogP contribution >= 0.6 is 0 Å². The molecule has 0 saturated heterocycles. The number of carbonyl (C=O) groups excluding carboxylic acids is 1. The Morgan fingerprint density at radius 1 is 1.43 bits per heavy atom. The summed E-state index contributed by atoms with van der Waals surface area (Å²) in [7, 11) is 0. The van der Waals surface area contributed by atoms with E-state index in [0.717, 1.165) is 6.42 Å². The zero-order chi connectivity index (χ0) is 10.4. The first kappa shape index (κ1) is 10.3. The molecule has 1 aromatic carbocycles. The zero-order valence-corrected chi connectivity index (χ0v) is 8.08. The number of nitrogens with zero attached hydrogens (tertiary/aromatic N) is 1. The first-order valence-electron chi connectivity index (χ1n) is 4.52. The molecule has 0 radical (unpaired) electrons. The molecule has 0 aliphatic carbocycles. The lowest BCUT2D eigenvalue weighted by Gasteiger charge is -2.01. The van der Waals surface area contributed by atoms with E-state index in [9.17, 15) is 4.79 Å². The Balaban J connectivity index is 2.67. The number of nitrogens with one attached hydrogen (secondary N) is 1. The summed E-state index contributed by atoms with van der Waals surface area (Å²) < 4.78 is 0. The molecule has 0 fully saturated rings. The standard InChI is InChI=1S/C11H12N2O/c1-2-9-3-5-10(6-4-9)11(14)13-8-7-12/h3-6H,2,8H2,1H3,(H,13,14). The number of rotatable bonds is 3. The van der Waals surface area contributed by atoms with Gasteiger partial charge in [0.1, 0.15) is 6.54 Å². The van der Waals surface area contributed by atoms with Gasteiger partial charge in [-0.25, -0.2) is 0 Å². The maximum absolute atomic E-state index is 11.3. The van der Waals surface area contributed by atoms with Gasteiger partial charge in [0.25, 0.3) is 5.91 Å². The van der Waals surface area contributed by atoms with Crippen LogP contribution in [0.3, 0.4) is 0 Å². The van der Waals surface area contributed by atoms with Crippen LogP contribution in [0.1, 0.15) is 22.8 Å². The Hall–Kier alpha value is -1.82. The molecule has 0 unspecified atom stereocenters. The van der Waals surface area contributed by atoms with Gasteiger partial charge in [0, 0.05) is 5.56 Å². The number of nitriles is 1. The van der Waals surface area contributed by atoms with Crippen molar-refractivity contribution in [3.8, 4) is 6.07 Å². The monoisotopic (exact) mass is 188 g/mol. The highest BCUT2D eigenvalue weighted by Gasteiger charge is 2.02. The van der Waals surface area contributed by atoms with Gasteiger partial charge in [-0.1, -0.05) is 19.1 Å². The van der Waals surface area contributed by atoms with Gasteiger partial charge in [0.2, 0.25) is 0 Å². The van der Waals surface area contributed by atoms with Gasteiger partial charge in [0.05, 0.1) is 6.07 Å². The molecular formula is C11H12N2O. The SMILES string of the molecule is CCc1ccc(C(=O)NCC#N)cc1. The van der Waals surface area contributed by atoms with Crippen LogP contribution in [-0.2, 0) is 6.42 Å². The van der Waals surface area contributed by atoms with Crippen LogP contribution in [0, 0.1) is 11.3 Å². The molecule has 0 saturated carbocycles. The van der Waals surface area contributed by atoms with E-state index < -0.39 is 0 Å².